The molecule has 0 bridgehead atoms. The Morgan fingerprint density at radius 3 is 2.43 bits per heavy atom. The fourth-order valence-electron chi connectivity index (χ4n) is 6.57. The van der Waals surface area contributed by atoms with Crippen LogP contribution < -0.4 is 9.64 Å². The molecule has 1 fully saturated rings. The average molecular weight is 648 g/mol. The number of fused-ring (bicyclic) bond motifs is 1. The lowest BCUT2D eigenvalue weighted by Gasteiger charge is -2.36. The molecule has 0 radical (unpaired) electrons. The minimum absolute atomic E-state index is 0.114. The Morgan fingerprint density at radius 2 is 1.83 bits per heavy atom. The third kappa shape index (κ3) is 8.52. The Hall–Kier alpha value is -3.34. The number of halogens is 3. The Labute approximate surface area is 270 Å². The molecule has 11 heteroatoms. The zero-order valence-electron chi connectivity index (χ0n) is 27.9. The normalized spacial score (nSPS) is 17.5. The SMILES string of the molecule is COc1c(F)cc(C(C)C)c(F)c1[C@@H](C(=O)O)C1CCN(CC(F)CCCc2ccc3c(n2)N(C(=O)OC(C)(C)C)CCC3)CC1. The van der Waals surface area contributed by atoms with E-state index in [1.54, 1.807) is 18.7 Å². The number of anilines is 1. The lowest BCUT2D eigenvalue weighted by molar-refractivity contribution is -0.140. The number of ether oxygens (including phenoxy) is 2. The molecule has 1 unspecified atom stereocenters. The molecule has 1 aromatic carbocycles. The van der Waals surface area contributed by atoms with E-state index >= 15 is 8.78 Å². The summed E-state index contributed by atoms with van der Waals surface area (Å²) < 4.78 is 56.3. The minimum Gasteiger partial charge on any atom is -0.493 e. The molecule has 0 aliphatic carbocycles. The Kier molecular flexibility index (Phi) is 11.6. The van der Waals surface area contributed by atoms with Crippen molar-refractivity contribution in [3.8, 4) is 5.75 Å². The van der Waals surface area contributed by atoms with Crippen molar-refractivity contribution in [3.05, 3.63) is 52.2 Å². The molecule has 1 aromatic heterocycles. The van der Waals surface area contributed by atoms with Crippen molar-refractivity contribution in [1.29, 1.82) is 0 Å². The van der Waals surface area contributed by atoms with Gasteiger partial charge in [0.1, 0.15) is 23.4 Å². The number of amides is 1. The second-order valence-electron chi connectivity index (χ2n) is 13.8. The topological polar surface area (TPSA) is 92.2 Å². The van der Waals surface area contributed by atoms with Crippen LogP contribution >= 0.6 is 0 Å². The van der Waals surface area contributed by atoms with Gasteiger partial charge in [0.25, 0.3) is 0 Å². The van der Waals surface area contributed by atoms with E-state index in [1.807, 2.05) is 37.8 Å². The van der Waals surface area contributed by atoms with Crippen LogP contribution in [0, 0.1) is 17.6 Å². The quantitative estimate of drug-likeness (QED) is 0.271. The van der Waals surface area contributed by atoms with Gasteiger partial charge in [0, 0.05) is 24.3 Å². The number of pyridine rings is 1. The number of benzene rings is 1. The van der Waals surface area contributed by atoms with Crippen LogP contribution in [0.15, 0.2) is 18.2 Å². The van der Waals surface area contributed by atoms with E-state index in [1.165, 1.54) is 7.11 Å². The summed E-state index contributed by atoms with van der Waals surface area (Å²) in [7, 11) is 1.21. The average Bonchev–Trinajstić information content (AvgIpc) is 2.98. The first-order chi connectivity index (χ1) is 21.7. The number of carbonyl (C=O) groups excluding carboxylic acids is 1. The number of hydrogen-bond donors (Lipinski definition) is 1. The second-order valence-corrected chi connectivity index (χ2v) is 13.8. The summed E-state index contributed by atoms with van der Waals surface area (Å²) in [5, 5.41) is 10.1. The van der Waals surface area contributed by atoms with E-state index < -0.39 is 47.3 Å². The molecule has 1 saturated heterocycles. The largest absolute Gasteiger partial charge is 0.493 e. The van der Waals surface area contributed by atoms with Gasteiger partial charge in [0.15, 0.2) is 11.6 Å². The van der Waals surface area contributed by atoms with E-state index in [0.717, 1.165) is 30.2 Å². The Balaban J connectivity index is 1.32. The van der Waals surface area contributed by atoms with Crippen LogP contribution in [0.5, 0.6) is 5.75 Å². The summed E-state index contributed by atoms with van der Waals surface area (Å²) in [6.45, 7) is 10.6. The van der Waals surface area contributed by atoms with Crippen molar-refractivity contribution in [3.63, 3.8) is 0 Å². The number of carbonyl (C=O) groups is 2. The zero-order chi connectivity index (χ0) is 33.8. The molecule has 2 atom stereocenters. The summed E-state index contributed by atoms with van der Waals surface area (Å²) in [5.74, 6) is -4.57. The predicted molar refractivity (Wildman–Crippen MR) is 171 cm³/mol. The van der Waals surface area contributed by atoms with Crippen LogP contribution in [0.4, 0.5) is 23.8 Å². The van der Waals surface area contributed by atoms with Crippen LogP contribution in [0.2, 0.25) is 0 Å². The lowest BCUT2D eigenvalue weighted by Crippen LogP contribution is -2.40. The lowest BCUT2D eigenvalue weighted by atomic mass is 9.78. The van der Waals surface area contributed by atoms with Crippen molar-refractivity contribution in [2.45, 2.75) is 103 Å². The van der Waals surface area contributed by atoms with Gasteiger partial charge in [0.05, 0.1) is 13.0 Å². The maximum atomic E-state index is 15.6. The van der Waals surface area contributed by atoms with E-state index in [2.05, 4.69) is 0 Å². The number of alkyl halides is 1. The van der Waals surface area contributed by atoms with Crippen molar-refractivity contribution in [2.75, 3.05) is 38.2 Å². The number of aromatic nitrogens is 1. The highest BCUT2D eigenvalue weighted by atomic mass is 19.1. The summed E-state index contributed by atoms with van der Waals surface area (Å²) in [5.41, 5.74) is 1.05. The van der Waals surface area contributed by atoms with Crippen molar-refractivity contribution in [1.82, 2.24) is 9.88 Å². The van der Waals surface area contributed by atoms with Gasteiger partial charge in [-0.05, 0) is 114 Å². The van der Waals surface area contributed by atoms with Gasteiger partial charge in [-0.2, -0.15) is 0 Å². The number of hydrogen-bond acceptors (Lipinski definition) is 6. The van der Waals surface area contributed by atoms with Crippen molar-refractivity contribution < 1.29 is 37.3 Å². The van der Waals surface area contributed by atoms with Crippen LogP contribution in [-0.2, 0) is 22.4 Å². The summed E-state index contributed by atoms with van der Waals surface area (Å²) in [4.78, 5) is 33.5. The van der Waals surface area contributed by atoms with Gasteiger partial charge in [0.2, 0.25) is 0 Å². The smallest absolute Gasteiger partial charge is 0.416 e. The molecule has 2 aromatic rings. The highest BCUT2D eigenvalue weighted by molar-refractivity contribution is 5.88. The minimum atomic E-state index is -1.28. The number of carboxylic acid groups (broad SMARTS) is 1. The first-order valence-corrected chi connectivity index (χ1v) is 16.3. The zero-order valence-corrected chi connectivity index (χ0v) is 27.9. The molecule has 0 saturated carbocycles. The number of aryl methyl sites for hydroxylation is 2. The molecule has 46 heavy (non-hydrogen) atoms. The molecule has 8 nitrogen and oxygen atoms in total. The summed E-state index contributed by atoms with van der Waals surface area (Å²) in [6.07, 6.45) is 2.46. The highest BCUT2D eigenvalue weighted by Crippen LogP contribution is 2.42. The number of piperidine rings is 1. The third-order valence-corrected chi connectivity index (χ3v) is 8.86. The number of nitrogens with zero attached hydrogens (tertiary/aromatic N) is 3. The van der Waals surface area contributed by atoms with Gasteiger partial charge in [-0.15, -0.1) is 0 Å². The van der Waals surface area contributed by atoms with Gasteiger partial charge >= 0.3 is 12.1 Å². The molecule has 4 rings (SSSR count). The molecule has 0 spiro atoms. The number of likely N-dealkylation sites (tertiary alicyclic amines) is 1. The fourth-order valence-corrected chi connectivity index (χ4v) is 6.57. The van der Waals surface area contributed by atoms with Gasteiger partial charge in [-0.3, -0.25) is 9.69 Å². The predicted octanol–water partition coefficient (Wildman–Crippen LogP) is 7.42. The van der Waals surface area contributed by atoms with E-state index in [0.29, 0.717) is 57.6 Å². The molecule has 2 aliphatic rings. The summed E-state index contributed by atoms with van der Waals surface area (Å²) in [6, 6.07) is 5.01. The van der Waals surface area contributed by atoms with E-state index in [-0.39, 0.29) is 29.3 Å². The number of carboxylic acids is 1. The van der Waals surface area contributed by atoms with Crippen molar-refractivity contribution in [2.24, 2.45) is 5.92 Å². The molecule has 254 valence electrons. The van der Waals surface area contributed by atoms with Crippen LogP contribution in [0.25, 0.3) is 0 Å². The Bertz CT molecular complexity index is 1390. The fraction of sp³-hybridized carbons (Fsp3) is 0.629. The maximum Gasteiger partial charge on any atom is 0.416 e. The number of rotatable bonds is 11. The molecule has 3 heterocycles. The second kappa shape index (κ2) is 15.0. The molecule has 1 amide bonds. The third-order valence-electron chi connectivity index (χ3n) is 8.86. The van der Waals surface area contributed by atoms with E-state index in [9.17, 15) is 19.1 Å². The number of methoxy groups -OCH3 is 1. The highest BCUT2D eigenvalue weighted by Gasteiger charge is 2.39. The van der Waals surface area contributed by atoms with E-state index in [4.69, 9.17) is 14.5 Å². The molecular formula is C35H48F3N3O5. The monoisotopic (exact) mass is 647 g/mol. The van der Waals surface area contributed by atoms with Crippen LogP contribution in [0.1, 0.15) is 101 Å². The van der Waals surface area contributed by atoms with Crippen molar-refractivity contribution >= 4 is 17.9 Å². The Morgan fingerprint density at radius 1 is 1.13 bits per heavy atom. The van der Waals surface area contributed by atoms with Gasteiger partial charge in [-0.1, -0.05) is 19.9 Å². The maximum absolute atomic E-state index is 15.6. The molecule has 1 N–H and O–H groups in total. The standard InChI is InChI=1S/C35H48F3N3O5/c1-21(2)26-19-27(37)31(45-6)29(30(26)38)28(33(42)43)22-14-17-40(18-15-22)20-24(36)10-7-11-25-13-12-23-9-8-16-41(32(23)39-25)34(44)46-35(3,4)5/h12-13,19,21-22,24,28H,7-11,14-18,20H2,1-6H3,(H,42,43)/t24?,28-/m0/s1. The van der Waals surface area contributed by atoms with Gasteiger partial charge < -0.3 is 19.5 Å². The molecular weight excluding hydrogens is 599 g/mol. The summed E-state index contributed by atoms with van der Waals surface area (Å²) >= 11 is 0. The first kappa shape index (κ1) is 35.5. The van der Waals surface area contributed by atoms with Crippen LogP contribution in [0.3, 0.4) is 0 Å². The van der Waals surface area contributed by atoms with Gasteiger partial charge in [-0.25, -0.2) is 22.9 Å². The number of aliphatic carboxylic acids is 1. The molecule has 2 aliphatic heterocycles. The first-order valence-electron chi connectivity index (χ1n) is 16.3. The van der Waals surface area contributed by atoms with Crippen LogP contribution in [-0.4, -0.2) is 72.1 Å².